The van der Waals surface area contributed by atoms with E-state index in [2.05, 4.69) is 15.3 Å². The quantitative estimate of drug-likeness (QED) is 0.691. The van der Waals surface area contributed by atoms with E-state index in [1.54, 1.807) is 37.0 Å². The highest BCUT2D eigenvalue weighted by Crippen LogP contribution is 2.27. The Labute approximate surface area is 180 Å². The van der Waals surface area contributed by atoms with Gasteiger partial charge in [-0.25, -0.2) is 9.78 Å². The summed E-state index contributed by atoms with van der Waals surface area (Å²) in [6.07, 6.45) is 7.03. The maximum atomic E-state index is 12.7. The minimum atomic E-state index is -0.127. The molecule has 3 aromatic heterocycles. The van der Waals surface area contributed by atoms with Gasteiger partial charge in [-0.3, -0.25) is 18.9 Å². The zero-order valence-corrected chi connectivity index (χ0v) is 18.2. The lowest BCUT2D eigenvalue weighted by atomic mass is 9.85. The Morgan fingerprint density at radius 3 is 2.63 bits per heavy atom. The smallest absolute Gasteiger partial charge is 0.330 e. The Balaban J connectivity index is 1.41. The Kier molecular flexibility index (Phi) is 5.64. The third kappa shape index (κ3) is 3.99. The van der Waals surface area contributed by atoms with E-state index in [-0.39, 0.29) is 17.6 Å². The molecule has 158 valence electrons. The Bertz CT molecular complexity index is 1160. The second kappa shape index (κ2) is 8.22. The van der Waals surface area contributed by atoms with Crippen molar-refractivity contribution < 1.29 is 4.79 Å². The van der Waals surface area contributed by atoms with Crippen LogP contribution in [-0.4, -0.2) is 31.1 Å². The van der Waals surface area contributed by atoms with E-state index in [9.17, 15) is 9.59 Å². The Morgan fingerprint density at radius 2 is 1.90 bits per heavy atom. The second-order valence-electron chi connectivity index (χ2n) is 8.29. The summed E-state index contributed by atoms with van der Waals surface area (Å²) >= 11 is 5.99. The van der Waals surface area contributed by atoms with Gasteiger partial charge in [-0.2, -0.15) is 0 Å². The number of aryl methyl sites for hydroxylation is 3. The van der Waals surface area contributed by atoms with Crippen molar-refractivity contribution in [1.82, 2.24) is 24.4 Å². The van der Waals surface area contributed by atoms with Gasteiger partial charge >= 0.3 is 5.69 Å². The normalized spacial score (nSPS) is 19.2. The summed E-state index contributed by atoms with van der Waals surface area (Å²) in [6.45, 7) is 4.47. The lowest BCUT2D eigenvalue weighted by molar-refractivity contribution is 0.0919. The van der Waals surface area contributed by atoms with Gasteiger partial charge in [0.05, 0.1) is 21.8 Å². The van der Waals surface area contributed by atoms with Gasteiger partial charge in [0.15, 0.2) is 5.65 Å². The number of aromatic nitrogens is 4. The van der Waals surface area contributed by atoms with Crippen LogP contribution < -0.4 is 11.0 Å². The van der Waals surface area contributed by atoms with Crippen LogP contribution in [0, 0.1) is 19.8 Å². The molecule has 0 saturated heterocycles. The zero-order chi connectivity index (χ0) is 21.4. The number of hydrogen-bond acceptors (Lipinski definition) is 4. The molecule has 4 rings (SSSR count). The number of hydrogen-bond donors (Lipinski definition) is 1. The van der Waals surface area contributed by atoms with Gasteiger partial charge in [0.1, 0.15) is 0 Å². The number of halogens is 1. The molecule has 30 heavy (non-hydrogen) atoms. The van der Waals surface area contributed by atoms with Crippen LogP contribution in [0.3, 0.4) is 0 Å². The first kappa shape index (κ1) is 20.6. The van der Waals surface area contributed by atoms with Gasteiger partial charge in [0.2, 0.25) is 0 Å². The molecule has 0 unspecified atom stereocenters. The lowest BCUT2D eigenvalue weighted by Crippen LogP contribution is -2.39. The highest BCUT2D eigenvalue weighted by molar-refractivity contribution is 6.30. The fourth-order valence-electron chi connectivity index (χ4n) is 4.30. The van der Waals surface area contributed by atoms with Crippen molar-refractivity contribution in [3.63, 3.8) is 0 Å². The number of nitrogens with zero attached hydrogens (tertiary/aromatic N) is 4. The predicted octanol–water partition coefficient (Wildman–Crippen LogP) is 3.39. The van der Waals surface area contributed by atoms with Crippen molar-refractivity contribution in [2.75, 3.05) is 0 Å². The van der Waals surface area contributed by atoms with Crippen molar-refractivity contribution in [2.24, 2.45) is 13.0 Å². The van der Waals surface area contributed by atoms with Gasteiger partial charge < -0.3 is 5.32 Å². The average Bonchev–Trinajstić information content (AvgIpc) is 2.95. The number of carbonyl (C=O) groups is 1. The van der Waals surface area contributed by atoms with Gasteiger partial charge in [0.25, 0.3) is 5.91 Å². The molecule has 1 aliphatic rings. The molecule has 8 heteroatoms. The summed E-state index contributed by atoms with van der Waals surface area (Å²) in [4.78, 5) is 33.9. The summed E-state index contributed by atoms with van der Waals surface area (Å²) in [6, 6.07) is 3.81. The Morgan fingerprint density at radius 1 is 1.17 bits per heavy atom. The number of carbonyl (C=O) groups excluding carboxylic acids is 1. The summed E-state index contributed by atoms with van der Waals surface area (Å²) in [5, 5.41) is 3.58. The van der Waals surface area contributed by atoms with Crippen LogP contribution in [0.1, 0.15) is 47.3 Å². The van der Waals surface area contributed by atoms with Crippen molar-refractivity contribution in [3.05, 3.63) is 56.9 Å². The summed E-state index contributed by atoms with van der Waals surface area (Å²) in [5.41, 5.74) is 3.82. The van der Waals surface area contributed by atoms with Crippen molar-refractivity contribution in [3.8, 4) is 0 Å². The topological polar surface area (TPSA) is 81.8 Å². The molecule has 0 spiro atoms. The second-order valence-corrected chi connectivity index (χ2v) is 8.72. The molecule has 3 heterocycles. The van der Waals surface area contributed by atoms with E-state index in [4.69, 9.17) is 11.6 Å². The summed E-state index contributed by atoms with van der Waals surface area (Å²) in [5.74, 6) is 0.273. The third-order valence-corrected chi connectivity index (χ3v) is 6.24. The van der Waals surface area contributed by atoms with Crippen molar-refractivity contribution >= 4 is 28.7 Å². The van der Waals surface area contributed by atoms with Crippen LogP contribution in [0.25, 0.3) is 11.2 Å². The molecule has 0 atom stereocenters. The number of nitrogens with one attached hydrogen (secondary N) is 1. The highest BCUT2D eigenvalue weighted by atomic mass is 35.5. The molecule has 1 fully saturated rings. The van der Waals surface area contributed by atoms with Gasteiger partial charge in [0, 0.05) is 32.0 Å². The highest BCUT2D eigenvalue weighted by Gasteiger charge is 2.25. The first-order chi connectivity index (χ1) is 14.3. The third-order valence-electron chi connectivity index (χ3n) is 6.03. The van der Waals surface area contributed by atoms with Crippen molar-refractivity contribution in [1.29, 1.82) is 0 Å². The van der Waals surface area contributed by atoms with E-state index >= 15 is 0 Å². The van der Waals surface area contributed by atoms with E-state index < -0.39 is 0 Å². The molecule has 1 N–H and O–H groups in total. The van der Waals surface area contributed by atoms with E-state index in [1.165, 1.54) is 0 Å². The molecular formula is C22H26ClN5O2. The molecule has 3 aromatic rings. The Hall–Kier alpha value is -2.67. The van der Waals surface area contributed by atoms with Crippen LogP contribution in [-0.2, 0) is 13.6 Å². The van der Waals surface area contributed by atoms with Crippen molar-refractivity contribution in [2.45, 2.75) is 52.1 Å². The molecule has 1 amide bonds. The molecule has 1 aliphatic carbocycles. The lowest BCUT2D eigenvalue weighted by Gasteiger charge is -2.29. The standard InChI is InChI=1S/C22H26ClN5O2/c1-13-8-19-20(25-10-13)27(3)22(30)28(19)12-15-4-6-17(7-5-15)26-21(29)18-9-16(23)11-24-14(18)2/h8-11,15,17H,4-7,12H2,1-3H3,(H,26,29)/t15-,17-. The maximum Gasteiger partial charge on any atom is 0.330 e. The van der Waals surface area contributed by atoms with Gasteiger partial charge in [-0.15, -0.1) is 0 Å². The summed E-state index contributed by atoms with van der Waals surface area (Å²) in [7, 11) is 1.77. The fraction of sp³-hybridized carbons (Fsp3) is 0.455. The predicted molar refractivity (Wildman–Crippen MR) is 117 cm³/mol. The SMILES string of the molecule is Cc1cnc2c(c1)n(C[C@H]1CC[C@H](NC(=O)c3cc(Cl)cnc3C)CC1)c(=O)n2C. The molecule has 0 bridgehead atoms. The molecule has 0 aromatic carbocycles. The summed E-state index contributed by atoms with van der Waals surface area (Å²) < 4.78 is 3.46. The minimum Gasteiger partial charge on any atom is -0.349 e. The van der Waals surface area contributed by atoms with E-state index in [0.717, 1.165) is 42.4 Å². The van der Waals surface area contributed by atoms with Crippen LogP contribution in [0.5, 0.6) is 0 Å². The van der Waals surface area contributed by atoms with Crippen LogP contribution in [0.2, 0.25) is 5.02 Å². The molecule has 1 saturated carbocycles. The monoisotopic (exact) mass is 427 g/mol. The molecular weight excluding hydrogens is 402 g/mol. The first-order valence-corrected chi connectivity index (χ1v) is 10.7. The van der Waals surface area contributed by atoms with Crippen LogP contribution in [0.4, 0.5) is 0 Å². The molecule has 7 nitrogen and oxygen atoms in total. The largest absolute Gasteiger partial charge is 0.349 e. The number of imidazole rings is 1. The average molecular weight is 428 g/mol. The van der Waals surface area contributed by atoms with Gasteiger partial charge in [-0.05, 0) is 63.1 Å². The van der Waals surface area contributed by atoms with E-state index in [0.29, 0.717) is 28.7 Å². The minimum absolute atomic E-state index is 0.0255. The number of fused-ring (bicyclic) bond motifs is 1. The number of rotatable bonds is 4. The molecule has 0 aliphatic heterocycles. The van der Waals surface area contributed by atoms with Gasteiger partial charge in [-0.1, -0.05) is 11.6 Å². The maximum absolute atomic E-state index is 12.7. The van der Waals surface area contributed by atoms with E-state index in [1.807, 2.05) is 17.6 Å². The number of pyridine rings is 2. The van der Waals surface area contributed by atoms with Crippen LogP contribution >= 0.6 is 11.6 Å². The number of amides is 1. The van der Waals surface area contributed by atoms with Crippen LogP contribution in [0.15, 0.2) is 29.3 Å². The molecule has 0 radical (unpaired) electrons. The zero-order valence-electron chi connectivity index (χ0n) is 17.5. The fourth-order valence-corrected chi connectivity index (χ4v) is 4.46. The first-order valence-electron chi connectivity index (χ1n) is 10.3.